The second kappa shape index (κ2) is 7.70. The molecule has 130 valence electrons. The Morgan fingerprint density at radius 1 is 1.38 bits per heavy atom. The van der Waals surface area contributed by atoms with Crippen molar-refractivity contribution in [1.29, 1.82) is 0 Å². The van der Waals surface area contributed by atoms with Gasteiger partial charge >= 0.3 is 0 Å². The minimum absolute atomic E-state index is 0.336. The number of halogens is 3. The second-order valence-electron chi connectivity index (χ2n) is 4.56. The Morgan fingerprint density at radius 3 is 2.62 bits per heavy atom. The molecule has 2 rings (SSSR count). The van der Waals surface area contributed by atoms with Crippen LogP contribution in [0.4, 0.5) is 14.6 Å². The predicted molar refractivity (Wildman–Crippen MR) is 91.6 cm³/mol. The first kappa shape index (κ1) is 19.0. The monoisotopic (exact) mass is 487 g/mol. The molecule has 24 heavy (non-hydrogen) atoms. The van der Waals surface area contributed by atoms with E-state index >= 15 is 0 Å². The van der Waals surface area contributed by atoms with Gasteiger partial charge in [-0.25, -0.2) is 26.5 Å². The van der Waals surface area contributed by atoms with Crippen LogP contribution in [-0.4, -0.2) is 32.3 Å². The topological polar surface area (TPSA) is 90.4 Å². The standard InChI is InChI=1S/C13H11F2IN2O4S2/c14-10(15)5-18(12-11(13(19)20)23-7-17-12)24(21,22)6-8-3-1-2-4-9(8)16/h1-4,7,10H,5-6H2,(H,19,20)/p-1. The highest BCUT2D eigenvalue weighted by molar-refractivity contribution is 14.1. The van der Waals surface area contributed by atoms with Crippen molar-refractivity contribution in [3.05, 3.63) is 43.8 Å². The molecule has 0 saturated carbocycles. The minimum Gasteiger partial charge on any atom is -0.544 e. The highest BCUT2D eigenvalue weighted by Gasteiger charge is 2.30. The summed E-state index contributed by atoms with van der Waals surface area (Å²) in [5, 5.41) is 11.1. The van der Waals surface area contributed by atoms with Crippen molar-refractivity contribution in [2.75, 3.05) is 10.8 Å². The summed E-state index contributed by atoms with van der Waals surface area (Å²) in [6.45, 7) is -1.18. The van der Waals surface area contributed by atoms with Crippen LogP contribution in [0.1, 0.15) is 15.2 Å². The molecule has 0 bridgehead atoms. The van der Waals surface area contributed by atoms with E-state index < -0.39 is 45.4 Å². The first-order chi connectivity index (χ1) is 11.2. The van der Waals surface area contributed by atoms with Crippen LogP contribution in [0.15, 0.2) is 29.8 Å². The summed E-state index contributed by atoms with van der Waals surface area (Å²) in [6, 6.07) is 6.57. The van der Waals surface area contributed by atoms with Crippen molar-refractivity contribution in [1.82, 2.24) is 4.98 Å². The summed E-state index contributed by atoms with van der Waals surface area (Å²) < 4.78 is 51.9. The van der Waals surface area contributed by atoms with Crippen LogP contribution in [0.25, 0.3) is 0 Å². The van der Waals surface area contributed by atoms with Crippen molar-refractivity contribution >= 4 is 55.7 Å². The number of hydrogen-bond acceptors (Lipinski definition) is 6. The molecular weight excluding hydrogens is 477 g/mol. The van der Waals surface area contributed by atoms with Crippen molar-refractivity contribution in [2.24, 2.45) is 0 Å². The van der Waals surface area contributed by atoms with Gasteiger partial charge in [-0.3, -0.25) is 0 Å². The van der Waals surface area contributed by atoms with Crippen LogP contribution >= 0.6 is 33.9 Å². The van der Waals surface area contributed by atoms with E-state index in [9.17, 15) is 27.1 Å². The maximum Gasteiger partial charge on any atom is 0.257 e. The number of thiazole rings is 1. The zero-order valence-electron chi connectivity index (χ0n) is 11.9. The molecule has 0 fully saturated rings. The van der Waals surface area contributed by atoms with E-state index in [0.29, 0.717) is 24.8 Å². The number of benzene rings is 1. The van der Waals surface area contributed by atoms with Gasteiger partial charge in [-0.15, -0.1) is 11.3 Å². The van der Waals surface area contributed by atoms with Gasteiger partial charge in [0.05, 0.1) is 28.7 Å². The average molecular weight is 487 g/mol. The summed E-state index contributed by atoms with van der Waals surface area (Å²) in [5.74, 6) is -2.77. The number of rotatable bonds is 7. The van der Waals surface area contributed by atoms with E-state index in [-0.39, 0.29) is 0 Å². The van der Waals surface area contributed by atoms with E-state index in [0.717, 1.165) is 5.51 Å². The van der Waals surface area contributed by atoms with Gasteiger partial charge in [0.1, 0.15) is 0 Å². The smallest absolute Gasteiger partial charge is 0.257 e. The molecule has 6 nitrogen and oxygen atoms in total. The van der Waals surface area contributed by atoms with Crippen LogP contribution in [0.2, 0.25) is 0 Å². The fourth-order valence-corrected chi connectivity index (χ4v) is 4.96. The lowest BCUT2D eigenvalue weighted by molar-refractivity contribution is -0.254. The van der Waals surface area contributed by atoms with Crippen LogP contribution in [0, 0.1) is 3.57 Å². The molecule has 0 spiro atoms. The lowest BCUT2D eigenvalue weighted by atomic mass is 10.2. The van der Waals surface area contributed by atoms with Gasteiger partial charge in [-0.05, 0) is 34.2 Å². The summed E-state index contributed by atoms with van der Waals surface area (Å²) in [5.41, 5.74) is 1.49. The molecule has 0 N–H and O–H groups in total. The number of anilines is 1. The number of carboxylic acid groups (broad SMARTS) is 1. The third-order valence-electron chi connectivity index (χ3n) is 2.91. The molecule has 1 heterocycles. The Balaban J connectivity index is 2.45. The summed E-state index contributed by atoms with van der Waals surface area (Å²) in [4.78, 5) is 14.2. The largest absolute Gasteiger partial charge is 0.544 e. The maximum absolute atomic E-state index is 12.9. The van der Waals surface area contributed by atoms with Gasteiger partial charge < -0.3 is 9.90 Å². The van der Waals surface area contributed by atoms with Crippen molar-refractivity contribution in [3.8, 4) is 0 Å². The van der Waals surface area contributed by atoms with Crippen LogP contribution in [0.3, 0.4) is 0 Å². The molecule has 1 aromatic carbocycles. The SMILES string of the molecule is O=C([O-])c1scnc1N(CC(F)F)S(=O)(=O)Cc1ccccc1I. The number of aromatic carboxylic acids is 1. The number of aromatic nitrogens is 1. The van der Waals surface area contributed by atoms with E-state index in [1.54, 1.807) is 24.3 Å². The third kappa shape index (κ3) is 4.39. The first-order valence-electron chi connectivity index (χ1n) is 6.39. The van der Waals surface area contributed by atoms with Crippen LogP contribution < -0.4 is 9.41 Å². The van der Waals surface area contributed by atoms with E-state index in [2.05, 4.69) is 4.98 Å². The molecule has 11 heteroatoms. The summed E-state index contributed by atoms with van der Waals surface area (Å²) >= 11 is 2.54. The lowest BCUT2D eigenvalue weighted by Gasteiger charge is -2.23. The molecule has 0 aliphatic heterocycles. The van der Waals surface area contributed by atoms with Gasteiger partial charge in [-0.2, -0.15) is 0 Å². The molecule has 0 atom stereocenters. The number of alkyl halides is 2. The Bertz CT molecular complexity index is 842. The van der Waals surface area contributed by atoms with Gasteiger partial charge in [-0.1, -0.05) is 18.2 Å². The van der Waals surface area contributed by atoms with Gasteiger partial charge in [0.25, 0.3) is 6.43 Å². The molecule has 1 aromatic heterocycles. The van der Waals surface area contributed by atoms with Gasteiger partial charge in [0.2, 0.25) is 10.0 Å². The fourth-order valence-electron chi connectivity index (χ4n) is 1.90. The lowest BCUT2D eigenvalue weighted by Crippen LogP contribution is -2.38. The summed E-state index contributed by atoms with van der Waals surface area (Å²) in [7, 11) is -4.27. The quantitative estimate of drug-likeness (QED) is 0.555. The third-order valence-corrected chi connectivity index (χ3v) is 6.42. The van der Waals surface area contributed by atoms with E-state index in [1.165, 1.54) is 0 Å². The molecule has 0 radical (unpaired) electrons. The molecule has 0 saturated heterocycles. The number of nitrogens with zero attached hydrogens (tertiary/aromatic N) is 2. The molecule has 0 aliphatic carbocycles. The zero-order valence-corrected chi connectivity index (χ0v) is 15.6. The minimum atomic E-state index is -4.27. The Kier molecular flexibility index (Phi) is 6.09. The van der Waals surface area contributed by atoms with Crippen LogP contribution in [-0.2, 0) is 15.8 Å². The normalized spacial score (nSPS) is 11.7. The molecule has 2 aromatic rings. The second-order valence-corrected chi connectivity index (χ2v) is 8.47. The Labute approximate surface area is 154 Å². The highest BCUT2D eigenvalue weighted by atomic mass is 127. The highest BCUT2D eigenvalue weighted by Crippen LogP contribution is 2.28. The number of hydrogen-bond donors (Lipinski definition) is 0. The Hall–Kier alpha value is -1.34. The predicted octanol–water partition coefficient (Wildman–Crippen LogP) is 1.71. The summed E-state index contributed by atoms with van der Waals surface area (Å²) in [6.07, 6.45) is -2.99. The van der Waals surface area contributed by atoms with Crippen molar-refractivity contribution in [3.63, 3.8) is 0 Å². The molecule has 0 amide bonds. The van der Waals surface area contributed by atoms with Gasteiger partial charge in [0, 0.05) is 3.57 Å². The fraction of sp³-hybridized carbons (Fsp3) is 0.231. The number of carboxylic acids is 1. The van der Waals surface area contributed by atoms with Crippen molar-refractivity contribution in [2.45, 2.75) is 12.2 Å². The molecule has 0 aliphatic rings. The molecule has 0 unspecified atom stereocenters. The maximum atomic E-state index is 12.9. The van der Waals surface area contributed by atoms with E-state index in [1.807, 2.05) is 22.6 Å². The zero-order chi connectivity index (χ0) is 17.9. The van der Waals surface area contributed by atoms with Crippen molar-refractivity contribution < 1.29 is 27.1 Å². The first-order valence-corrected chi connectivity index (χ1v) is 9.96. The van der Waals surface area contributed by atoms with Gasteiger partial charge in [0.15, 0.2) is 5.82 Å². The number of carbonyl (C=O) groups is 1. The van der Waals surface area contributed by atoms with Crippen LogP contribution in [0.5, 0.6) is 0 Å². The molecular formula is C13H10F2IN2O4S2-. The number of carbonyl (C=O) groups excluding carboxylic acids is 1. The Morgan fingerprint density at radius 2 is 2.04 bits per heavy atom. The number of sulfonamides is 1. The van der Waals surface area contributed by atoms with E-state index in [4.69, 9.17) is 0 Å². The average Bonchev–Trinajstić information content (AvgIpc) is 2.96.